The molecule has 6 aliphatic rings. The average Bonchev–Trinajstić information content (AvgIpc) is 3.42. The van der Waals surface area contributed by atoms with Crippen LogP contribution in [-0.2, 0) is 9.47 Å². The number of ether oxygens (including phenoxy) is 2. The van der Waals surface area contributed by atoms with Gasteiger partial charge in [0.25, 0.3) is 0 Å². The number of morpholine rings is 2. The second-order valence-corrected chi connectivity index (χ2v) is 16.0. The van der Waals surface area contributed by atoms with Gasteiger partial charge in [0.2, 0.25) is 0 Å². The highest BCUT2D eigenvalue weighted by Crippen LogP contribution is 2.70. The maximum Gasteiger partial charge on any atom is 0.0594 e. The maximum atomic E-state index is 5.72. The van der Waals surface area contributed by atoms with E-state index in [-0.39, 0.29) is 0 Å². The molecule has 0 aromatic heterocycles. The van der Waals surface area contributed by atoms with Crippen LogP contribution in [0.4, 0.5) is 0 Å². The normalized spacial score (nSPS) is 45.9. The van der Waals surface area contributed by atoms with Crippen molar-refractivity contribution in [2.45, 2.75) is 78.3 Å². The quantitative estimate of drug-likeness (QED) is 0.336. The molecule has 34 heavy (non-hydrogen) atoms. The van der Waals surface area contributed by atoms with Gasteiger partial charge in [-0.25, -0.2) is 0 Å². The van der Waals surface area contributed by atoms with Crippen LogP contribution in [0.5, 0.6) is 0 Å². The van der Waals surface area contributed by atoms with E-state index in [1.165, 1.54) is 50.0 Å². The van der Waals surface area contributed by atoms with E-state index in [0.717, 1.165) is 76.5 Å². The molecule has 0 radical (unpaired) electrons. The van der Waals surface area contributed by atoms with Crippen LogP contribution in [0.15, 0.2) is 0 Å². The summed E-state index contributed by atoms with van der Waals surface area (Å²) in [5.41, 5.74) is 1.92. The van der Waals surface area contributed by atoms with Gasteiger partial charge in [-0.1, -0.05) is 49.3 Å². The molecular formula is C28H48N2O2S2. The van der Waals surface area contributed by atoms with Crippen LogP contribution in [0.2, 0.25) is 0 Å². The molecule has 6 heteroatoms. The summed E-state index contributed by atoms with van der Waals surface area (Å²) in [6.07, 6.45) is 8.64. The molecular weight excluding hydrogens is 460 g/mol. The Labute approximate surface area is 216 Å². The Kier molecular flexibility index (Phi) is 6.64. The summed E-state index contributed by atoms with van der Waals surface area (Å²) in [7, 11) is 4.51. The minimum absolute atomic E-state index is 0.475. The number of fused-ring (bicyclic) bond motifs is 4. The third-order valence-electron chi connectivity index (χ3n) is 12.5. The molecule has 6 rings (SSSR count). The van der Waals surface area contributed by atoms with Crippen molar-refractivity contribution in [1.82, 2.24) is 9.80 Å². The molecule has 4 aliphatic carbocycles. The van der Waals surface area contributed by atoms with Crippen LogP contribution in [0, 0.1) is 33.5 Å². The second-order valence-electron chi connectivity index (χ2n) is 13.6. The van der Waals surface area contributed by atoms with Crippen molar-refractivity contribution in [3.63, 3.8) is 0 Å². The van der Waals surface area contributed by atoms with Gasteiger partial charge in [-0.15, -0.1) is 0 Å². The molecule has 4 saturated carbocycles. The fraction of sp³-hybridized carbons (Fsp3) is 1.00. The summed E-state index contributed by atoms with van der Waals surface area (Å²) in [6.45, 7) is 18.8. The molecule has 0 amide bonds. The molecule has 6 fully saturated rings. The molecule has 6 atom stereocenters. The zero-order valence-corrected chi connectivity index (χ0v) is 23.8. The van der Waals surface area contributed by atoms with Crippen molar-refractivity contribution >= 4 is 21.6 Å². The van der Waals surface area contributed by atoms with Crippen LogP contribution in [0.3, 0.4) is 0 Å². The summed E-state index contributed by atoms with van der Waals surface area (Å²) >= 11 is 0. The molecule has 194 valence electrons. The SMILES string of the molecule is CC1(C)C2CCC1(CSSCC13CC[C@H](CC1N1CCOCC1)C3(C)C)C(N1CCOCC1)C2. The van der Waals surface area contributed by atoms with Crippen molar-refractivity contribution in [3.05, 3.63) is 0 Å². The van der Waals surface area contributed by atoms with Gasteiger partial charge < -0.3 is 9.47 Å². The third kappa shape index (κ3) is 3.55. The van der Waals surface area contributed by atoms with Gasteiger partial charge in [-0.2, -0.15) is 0 Å². The monoisotopic (exact) mass is 508 g/mol. The number of rotatable bonds is 7. The second kappa shape index (κ2) is 9.08. The van der Waals surface area contributed by atoms with Crippen LogP contribution in [-0.4, -0.2) is 86.0 Å². The minimum Gasteiger partial charge on any atom is -0.379 e. The van der Waals surface area contributed by atoms with Gasteiger partial charge in [0, 0.05) is 60.6 Å². The molecule has 0 aromatic rings. The molecule has 0 spiro atoms. The molecule has 4 bridgehead atoms. The van der Waals surface area contributed by atoms with E-state index < -0.39 is 0 Å². The van der Waals surface area contributed by atoms with E-state index in [1.54, 1.807) is 0 Å². The minimum atomic E-state index is 0.475. The first-order chi connectivity index (χ1) is 16.3. The molecule has 0 aromatic carbocycles. The first kappa shape index (κ1) is 24.9. The lowest BCUT2D eigenvalue weighted by Crippen LogP contribution is -2.54. The smallest absolute Gasteiger partial charge is 0.0594 e. The van der Waals surface area contributed by atoms with Crippen LogP contribution in [0.25, 0.3) is 0 Å². The highest BCUT2D eigenvalue weighted by Gasteiger charge is 2.66. The van der Waals surface area contributed by atoms with E-state index >= 15 is 0 Å². The van der Waals surface area contributed by atoms with Gasteiger partial charge in [-0.05, 0) is 61.2 Å². The lowest BCUT2D eigenvalue weighted by molar-refractivity contribution is -0.0253. The zero-order chi connectivity index (χ0) is 23.6. The van der Waals surface area contributed by atoms with E-state index in [2.05, 4.69) is 59.1 Å². The molecule has 2 aliphatic heterocycles. The zero-order valence-electron chi connectivity index (χ0n) is 22.2. The fourth-order valence-corrected chi connectivity index (χ4v) is 13.6. The molecule has 4 nitrogen and oxygen atoms in total. The Balaban J connectivity index is 1.15. The largest absolute Gasteiger partial charge is 0.379 e. The maximum absolute atomic E-state index is 5.72. The fourth-order valence-electron chi connectivity index (χ4n) is 9.83. The van der Waals surface area contributed by atoms with Crippen molar-refractivity contribution in [2.75, 3.05) is 64.1 Å². The van der Waals surface area contributed by atoms with E-state index in [4.69, 9.17) is 9.47 Å². The van der Waals surface area contributed by atoms with Crippen LogP contribution < -0.4 is 0 Å². The van der Waals surface area contributed by atoms with E-state index in [1.807, 2.05) is 0 Å². The predicted octanol–water partition coefficient (Wildman–Crippen LogP) is 5.42. The van der Waals surface area contributed by atoms with E-state index in [0.29, 0.717) is 21.7 Å². The van der Waals surface area contributed by atoms with Gasteiger partial charge in [0.05, 0.1) is 26.4 Å². The number of nitrogens with zero attached hydrogens (tertiary/aromatic N) is 2. The van der Waals surface area contributed by atoms with E-state index in [9.17, 15) is 0 Å². The Morgan fingerprint density at radius 3 is 1.38 bits per heavy atom. The van der Waals surface area contributed by atoms with Gasteiger partial charge in [-0.3, -0.25) is 9.80 Å². The van der Waals surface area contributed by atoms with Crippen LogP contribution in [0.1, 0.15) is 66.2 Å². The highest BCUT2D eigenvalue weighted by atomic mass is 33.1. The lowest BCUT2D eigenvalue weighted by atomic mass is 9.68. The highest BCUT2D eigenvalue weighted by molar-refractivity contribution is 8.76. The average molecular weight is 509 g/mol. The topological polar surface area (TPSA) is 24.9 Å². The Hall–Kier alpha value is 0.540. The summed E-state index contributed by atoms with van der Waals surface area (Å²) in [5, 5.41) is 0. The number of hydrogen-bond acceptors (Lipinski definition) is 6. The Bertz CT molecular complexity index is 689. The van der Waals surface area contributed by atoms with Gasteiger partial charge in [0.1, 0.15) is 0 Å². The summed E-state index contributed by atoms with van der Waals surface area (Å²) in [6, 6.07) is 1.55. The van der Waals surface area contributed by atoms with Gasteiger partial charge >= 0.3 is 0 Å². The summed E-state index contributed by atoms with van der Waals surface area (Å²) in [5.74, 6) is 4.51. The molecule has 0 N–H and O–H groups in total. The summed E-state index contributed by atoms with van der Waals surface area (Å²) in [4.78, 5) is 5.65. The molecule has 2 saturated heterocycles. The van der Waals surface area contributed by atoms with Crippen molar-refractivity contribution in [1.29, 1.82) is 0 Å². The molecule has 5 unspecified atom stereocenters. The lowest BCUT2D eigenvalue weighted by Gasteiger charge is -2.49. The first-order valence-corrected chi connectivity index (χ1v) is 16.7. The standard InChI is InChI=1S/C28H48N2O2S2/c1-25(2)21-5-7-27(25,23(17-21)29-9-13-31-14-10-29)19-33-34-20-28-8-6-22(26(28,3)4)18-24(28)30-11-15-32-16-12-30/h21-24H,5-20H2,1-4H3/t21-,22?,23?,24?,27?,28?/m1/s1. The summed E-state index contributed by atoms with van der Waals surface area (Å²) < 4.78 is 11.4. The Morgan fingerprint density at radius 2 is 1.03 bits per heavy atom. The predicted molar refractivity (Wildman–Crippen MR) is 144 cm³/mol. The van der Waals surface area contributed by atoms with Crippen molar-refractivity contribution in [3.8, 4) is 0 Å². The number of hydrogen-bond donors (Lipinski definition) is 0. The van der Waals surface area contributed by atoms with Gasteiger partial charge in [0.15, 0.2) is 0 Å². The first-order valence-electron chi connectivity index (χ1n) is 14.2. The third-order valence-corrected chi connectivity index (χ3v) is 15.1. The molecule has 2 heterocycles. The van der Waals surface area contributed by atoms with Crippen molar-refractivity contribution < 1.29 is 9.47 Å². The van der Waals surface area contributed by atoms with Crippen molar-refractivity contribution in [2.24, 2.45) is 33.5 Å². The van der Waals surface area contributed by atoms with Crippen LogP contribution >= 0.6 is 21.6 Å². The Morgan fingerprint density at radius 1 is 0.647 bits per heavy atom.